The number of hydrogen-bond acceptors (Lipinski definition) is 5. The van der Waals surface area contributed by atoms with E-state index in [1.165, 1.54) is 17.4 Å². The number of aliphatic imine (C=N–C) groups is 1. The Hall–Kier alpha value is -2.42. The summed E-state index contributed by atoms with van der Waals surface area (Å²) < 4.78 is 19.8. The molecule has 0 radical (unpaired) electrons. The Morgan fingerprint density at radius 1 is 1.41 bits per heavy atom. The van der Waals surface area contributed by atoms with E-state index in [2.05, 4.69) is 20.6 Å². The van der Waals surface area contributed by atoms with Crippen LogP contribution in [0.15, 0.2) is 23.3 Å². The summed E-state index contributed by atoms with van der Waals surface area (Å²) in [7, 11) is 3.43. The Balaban J connectivity index is 1.58. The molecule has 2 fully saturated rings. The van der Waals surface area contributed by atoms with Gasteiger partial charge in [-0.1, -0.05) is 0 Å². The SMILES string of the molecule is CN(C)C(=O)CN=C(NCC1CCCCO1)NC1CCN(c2ncccc2F)C1. The molecule has 2 unspecified atom stereocenters. The lowest BCUT2D eigenvalue weighted by atomic mass is 10.1. The summed E-state index contributed by atoms with van der Waals surface area (Å²) in [4.78, 5) is 24.0. The van der Waals surface area contributed by atoms with Crippen LogP contribution < -0.4 is 15.5 Å². The van der Waals surface area contributed by atoms with Crippen LogP contribution in [0.2, 0.25) is 0 Å². The van der Waals surface area contributed by atoms with Gasteiger partial charge in [-0.05, 0) is 37.8 Å². The lowest BCUT2D eigenvalue weighted by Crippen LogP contribution is -2.47. The molecule has 0 spiro atoms. The average Bonchev–Trinajstić information content (AvgIpc) is 3.19. The van der Waals surface area contributed by atoms with E-state index in [9.17, 15) is 9.18 Å². The number of ether oxygens (including phenoxy) is 1. The second-order valence-corrected chi connectivity index (χ2v) is 7.71. The summed E-state index contributed by atoms with van der Waals surface area (Å²) in [6.07, 6.45) is 5.88. The normalized spacial score (nSPS) is 22.4. The second-order valence-electron chi connectivity index (χ2n) is 7.71. The fourth-order valence-electron chi connectivity index (χ4n) is 3.49. The maximum Gasteiger partial charge on any atom is 0.243 e. The van der Waals surface area contributed by atoms with Gasteiger partial charge in [-0.15, -0.1) is 0 Å². The number of rotatable bonds is 6. The molecule has 9 heteroatoms. The topological polar surface area (TPSA) is 82.1 Å². The summed E-state index contributed by atoms with van der Waals surface area (Å²) in [5.74, 6) is 0.583. The summed E-state index contributed by atoms with van der Waals surface area (Å²) in [5, 5.41) is 6.70. The molecule has 2 N–H and O–H groups in total. The number of likely N-dealkylation sites (N-methyl/N-ethyl adjacent to an activating group) is 1. The van der Waals surface area contributed by atoms with Crippen LogP contribution in [0.3, 0.4) is 0 Å². The van der Waals surface area contributed by atoms with E-state index < -0.39 is 0 Å². The molecular weight excluding hydrogens is 375 g/mol. The number of guanidine groups is 1. The molecule has 2 aliphatic heterocycles. The number of anilines is 1. The van der Waals surface area contributed by atoms with Gasteiger partial charge in [0, 0.05) is 52.6 Å². The molecule has 8 nitrogen and oxygen atoms in total. The molecule has 3 heterocycles. The Morgan fingerprint density at radius 2 is 2.28 bits per heavy atom. The molecule has 1 aromatic heterocycles. The lowest BCUT2D eigenvalue weighted by Gasteiger charge is -2.25. The predicted molar refractivity (Wildman–Crippen MR) is 111 cm³/mol. The van der Waals surface area contributed by atoms with Gasteiger partial charge < -0.3 is 25.2 Å². The van der Waals surface area contributed by atoms with E-state index in [-0.39, 0.29) is 30.4 Å². The van der Waals surface area contributed by atoms with Crippen LogP contribution in [0.25, 0.3) is 0 Å². The van der Waals surface area contributed by atoms with E-state index in [4.69, 9.17) is 4.74 Å². The molecule has 2 saturated heterocycles. The fourth-order valence-corrected chi connectivity index (χ4v) is 3.49. The highest BCUT2D eigenvalue weighted by Crippen LogP contribution is 2.20. The molecule has 0 aromatic carbocycles. The third kappa shape index (κ3) is 6.28. The van der Waals surface area contributed by atoms with E-state index in [0.717, 1.165) is 25.9 Å². The smallest absolute Gasteiger partial charge is 0.243 e. The van der Waals surface area contributed by atoms with Crippen LogP contribution in [0.1, 0.15) is 25.7 Å². The summed E-state index contributed by atoms with van der Waals surface area (Å²) in [6, 6.07) is 3.10. The quantitative estimate of drug-likeness (QED) is 0.542. The maximum atomic E-state index is 14.0. The van der Waals surface area contributed by atoms with Gasteiger partial charge in [-0.25, -0.2) is 14.4 Å². The minimum absolute atomic E-state index is 0.0661. The summed E-state index contributed by atoms with van der Waals surface area (Å²) in [6.45, 7) is 2.84. The summed E-state index contributed by atoms with van der Waals surface area (Å²) >= 11 is 0. The first-order chi connectivity index (χ1) is 14.0. The molecule has 0 aliphatic carbocycles. The van der Waals surface area contributed by atoms with Crippen molar-refractivity contribution in [2.24, 2.45) is 4.99 Å². The largest absolute Gasteiger partial charge is 0.376 e. The van der Waals surface area contributed by atoms with Gasteiger partial charge >= 0.3 is 0 Å². The number of carbonyl (C=O) groups is 1. The highest BCUT2D eigenvalue weighted by atomic mass is 19.1. The zero-order chi connectivity index (χ0) is 20.6. The first-order valence-corrected chi connectivity index (χ1v) is 10.2. The van der Waals surface area contributed by atoms with Gasteiger partial charge in [0.2, 0.25) is 5.91 Å². The fraction of sp³-hybridized carbons (Fsp3) is 0.650. The number of hydrogen-bond donors (Lipinski definition) is 2. The van der Waals surface area contributed by atoms with Crippen molar-refractivity contribution >= 4 is 17.7 Å². The third-order valence-corrected chi connectivity index (χ3v) is 5.21. The monoisotopic (exact) mass is 406 g/mol. The van der Waals surface area contributed by atoms with Gasteiger partial charge in [0.05, 0.1) is 6.10 Å². The van der Waals surface area contributed by atoms with E-state index in [1.54, 1.807) is 26.4 Å². The number of pyridine rings is 1. The Bertz CT molecular complexity index is 708. The molecule has 0 saturated carbocycles. The van der Waals surface area contributed by atoms with Gasteiger partial charge in [0.15, 0.2) is 17.6 Å². The molecule has 29 heavy (non-hydrogen) atoms. The lowest BCUT2D eigenvalue weighted by molar-refractivity contribution is -0.127. The van der Waals surface area contributed by atoms with Gasteiger partial charge in [-0.3, -0.25) is 4.79 Å². The Labute approximate surface area is 171 Å². The highest BCUT2D eigenvalue weighted by Gasteiger charge is 2.26. The average molecular weight is 407 g/mol. The summed E-state index contributed by atoms with van der Waals surface area (Å²) in [5.41, 5.74) is 0. The number of nitrogens with one attached hydrogen (secondary N) is 2. The van der Waals surface area contributed by atoms with Gasteiger partial charge in [0.1, 0.15) is 6.54 Å². The first kappa shape index (κ1) is 21.3. The number of amides is 1. The van der Waals surface area contributed by atoms with Crippen molar-refractivity contribution in [2.75, 3.05) is 51.8 Å². The predicted octanol–water partition coefficient (Wildman–Crippen LogP) is 0.992. The Morgan fingerprint density at radius 3 is 3.00 bits per heavy atom. The number of aromatic nitrogens is 1. The standard InChI is InChI=1S/C20H31FN6O2/c1-26(2)18(28)13-24-20(23-12-16-6-3-4-11-29-16)25-15-8-10-27(14-15)19-17(21)7-5-9-22-19/h5,7,9,15-16H,3-4,6,8,10-14H2,1-2H3,(H2,23,24,25). The molecule has 3 rings (SSSR count). The molecule has 0 bridgehead atoms. The van der Waals surface area contributed by atoms with Crippen molar-refractivity contribution < 1.29 is 13.9 Å². The van der Waals surface area contributed by atoms with Crippen LogP contribution >= 0.6 is 0 Å². The molecule has 1 aromatic rings. The number of halogens is 1. The van der Waals surface area contributed by atoms with Crippen molar-refractivity contribution in [3.63, 3.8) is 0 Å². The Kier molecular flexibility index (Phi) is 7.62. The van der Waals surface area contributed by atoms with Crippen LogP contribution in [0, 0.1) is 5.82 Å². The van der Waals surface area contributed by atoms with Crippen molar-refractivity contribution in [1.29, 1.82) is 0 Å². The minimum atomic E-state index is -0.314. The second kappa shape index (κ2) is 10.4. The zero-order valence-electron chi connectivity index (χ0n) is 17.2. The maximum absolute atomic E-state index is 14.0. The van der Waals surface area contributed by atoms with Crippen LogP contribution in [-0.2, 0) is 9.53 Å². The van der Waals surface area contributed by atoms with Gasteiger partial charge in [-0.2, -0.15) is 0 Å². The van der Waals surface area contributed by atoms with Crippen LogP contribution in [0.4, 0.5) is 10.2 Å². The third-order valence-electron chi connectivity index (χ3n) is 5.21. The van der Waals surface area contributed by atoms with E-state index in [0.29, 0.717) is 31.4 Å². The van der Waals surface area contributed by atoms with E-state index in [1.807, 2.05) is 4.90 Å². The first-order valence-electron chi connectivity index (χ1n) is 10.2. The minimum Gasteiger partial charge on any atom is -0.376 e. The zero-order valence-corrected chi connectivity index (χ0v) is 17.2. The van der Waals surface area contributed by atoms with Crippen molar-refractivity contribution in [1.82, 2.24) is 20.5 Å². The molecule has 2 atom stereocenters. The molecule has 2 aliphatic rings. The van der Waals surface area contributed by atoms with E-state index >= 15 is 0 Å². The van der Waals surface area contributed by atoms with Crippen molar-refractivity contribution in [2.45, 2.75) is 37.8 Å². The van der Waals surface area contributed by atoms with Crippen LogP contribution in [-0.4, -0.2) is 80.8 Å². The molecule has 160 valence electrons. The highest BCUT2D eigenvalue weighted by molar-refractivity contribution is 5.85. The van der Waals surface area contributed by atoms with Crippen LogP contribution in [0.5, 0.6) is 0 Å². The number of nitrogens with zero attached hydrogens (tertiary/aromatic N) is 4. The van der Waals surface area contributed by atoms with Crippen molar-refractivity contribution in [3.8, 4) is 0 Å². The number of carbonyl (C=O) groups excluding carboxylic acids is 1. The van der Waals surface area contributed by atoms with Crippen molar-refractivity contribution in [3.05, 3.63) is 24.1 Å². The van der Waals surface area contributed by atoms with Gasteiger partial charge in [0.25, 0.3) is 0 Å². The molecule has 1 amide bonds. The molecular formula is C20H31FN6O2.